The molecule has 0 aliphatic heterocycles. The standard InChI is InChI=1S/C13H11ClN2O5S/c1-8-2-3-9(6-11(8)14)13(17)16-15-7-10-4-5-12(21-10)22(18,19)20/h2-7H,1H3,(H,16,17)(H,18,19,20)/p-1. The van der Waals surface area contributed by atoms with Crippen molar-refractivity contribution in [2.45, 2.75) is 12.0 Å². The maximum Gasteiger partial charge on any atom is 0.271 e. The molecule has 7 nitrogen and oxygen atoms in total. The molecule has 22 heavy (non-hydrogen) atoms. The van der Waals surface area contributed by atoms with Gasteiger partial charge in [0.05, 0.1) is 6.21 Å². The zero-order chi connectivity index (χ0) is 16.3. The maximum absolute atomic E-state index is 11.8. The lowest BCUT2D eigenvalue weighted by Gasteiger charge is -2.02. The minimum absolute atomic E-state index is 0.0108. The van der Waals surface area contributed by atoms with Gasteiger partial charge in [0.2, 0.25) is 5.09 Å². The summed E-state index contributed by atoms with van der Waals surface area (Å²) in [6.45, 7) is 1.81. The van der Waals surface area contributed by atoms with Crippen LogP contribution in [0, 0.1) is 6.92 Å². The van der Waals surface area contributed by atoms with E-state index in [0.29, 0.717) is 10.6 Å². The second kappa shape index (κ2) is 6.30. The zero-order valence-electron chi connectivity index (χ0n) is 11.2. The molecule has 1 N–H and O–H groups in total. The minimum Gasteiger partial charge on any atom is -0.742 e. The summed E-state index contributed by atoms with van der Waals surface area (Å²) in [5.41, 5.74) is 3.38. The van der Waals surface area contributed by atoms with Crippen molar-refractivity contribution in [3.8, 4) is 0 Å². The third kappa shape index (κ3) is 3.94. The van der Waals surface area contributed by atoms with Crippen LogP contribution in [0.2, 0.25) is 5.02 Å². The molecule has 1 heterocycles. The highest BCUT2D eigenvalue weighted by Crippen LogP contribution is 2.16. The van der Waals surface area contributed by atoms with Gasteiger partial charge in [0, 0.05) is 10.6 Å². The maximum atomic E-state index is 11.8. The summed E-state index contributed by atoms with van der Waals surface area (Å²) in [6.07, 6.45) is 1.07. The minimum atomic E-state index is -4.66. The molecular formula is C13H10ClN2O5S-. The molecule has 0 bridgehead atoms. The van der Waals surface area contributed by atoms with Gasteiger partial charge in [0.1, 0.15) is 5.76 Å². The summed E-state index contributed by atoms with van der Waals surface area (Å²) < 4.78 is 36.8. The fraction of sp³-hybridized carbons (Fsp3) is 0.0769. The van der Waals surface area contributed by atoms with Crippen LogP contribution in [0.15, 0.2) is 44.9 Å². The highest BCUT2D eigenvalue weighted by atomic mass is 35.5. The number of hydrogen-bond acceptors (Lipinski definition) is 6. The number of carbonyl (C=O) groups excluding carboxylic acids is 1. The molecule has 0 spiro atoms. The summed E-state index contributed by atoms with van der Waals surface area (Å²) >= 11 is 5.91. The summed E-state index contributed by atoms with van der Waals surface area (Å²) in [5.74, 6) is -0.488. The van der Waals surface area contributed by atoms with Crippen LogP contribution in [-0.4, -0.2) is 25.1 Å². The largest absolute Gasteiger partial charge is 0.742 e. The molecule has 116 valence electrons. The second-order valence-corrected chi connectivity index (χ2v) is 5.99. The van der Waals surface area contributed by atoms with Gasteiger partial charge in [-0.25, -0.2) is 13.8 Å². The fourth-order valence-electron chi connectivity index (χ4n) is 1.49. The van der Waals surface area contributed by atoms with E-state index in [2.05, 4.69) is 10.5 Å². The Bertz CT molecular complexity index is 842. The highest BCUT2D eigenvalue weighted by molar-refractivity contribution is 7.85. The lowest BCUT2D eigenvalue weighted by molar-refractivity contribution is 0.0955. The van der Waals surface area contributed by atoms with Crippen LogP contribution in [0.1, 0.15) is 21.7 Å². The molecular weight excluding hydrogens is 332 g/mol. The molecule has 0 saturated carbocycles. The first kappa shape index (κ1) is 16.2. The number of furan rings is 1. The topological polar surface area (TPSA) is 112 Å². The molecule has 0 saturated heterocycles. The van der Waals surface area contributed by atoms with E-state index in [4.69, 9.17) is 16.0 Å². The van der Waals surface area contributed by atoms with Crippen LogP contribution in [0.25, 0.3) is 0 Å². The van der Waals surface area contributed by atoms with Crippen LogP contribution in [0.4, 0.5) is 0 Å². The molecule has 2 rings (SSSR count). The van der Waals surface area contributed by atoms with E-state index in [9.17, 15) is 17.8 Å². The van der Waals surface area contributed by atoms with E-state index in [1.54, 1.807) is 19.1 Å². The van der Waals surface area contributed by atoms with Crippen LogP contribution < -0.4 is 5.43 Å². The Morgan fingerprint density at radius 1 is 1.36 bits per heavy atom. The second-order valence-electron chi connectivity index (χ2n) is 4.27. The fourth-order valence-corrected chi connectivity index (χ4v) is 2.10. The first-order valence-corrected chi connectivity index (χ1v) is 7.71. The van der Waals surface area contributed by atoms with E-state index in [1.165, 1.54) is 12.1 Å². The van der Waals surface area contributed by atoms with Crippen LogP contribution >= 0.6 is 11.6 Å². The van der Waals surface area contributed by atoms with Gasteiger partial charge in [-0.2, -0.15) is 5.10 Å². The van der Waals surface area contributed by atoms with Crippen molar-refractivity contribution in [2.75, 3.05) is 0 Å². The Hall–Kier alpha value is -2.16. The van der Waals surface area contributed by atoms with E-state index >= 15 is 0 Å². The Labute approximate surface area is 131 Å². The first-order valence-electron chi connectivity index (χ1n) is 5.92. The molecule has 0 fully saturated rings. The quantitative estimate of drug-likeness (QED) is 0.518. The molecule has 0 unspecified atom stereocenters. The number of nitrogens with zero attached hydrogens (tertiary/aromatic N) is 1. The number of benzene rings is 1. The SMILES string of the molecule is Cc1ccc(C(=O)NN=Cc2ccc(S(=O)(=O)[O-])o2)cc1Cl. The van der Waals surface area contributed by atoms with E-state index < -0.39 is 21.1 Å². The molecule has 1 amide bonds. The number of nitrogens with one attached hydrogen (secondary N) is 1. The Balaban J connectivity index is 2.04. The third-order valence-corrected chi connectivity index (χ3v) is 3.76. The molecule has 0 aliphatic carbocycles. The van der Waals surface area contributed by atoms with Crippen molar-refractivity contribution < 1.29 is 22.2 Å². The van der Waals surface area contributed by atoms with Gasteiger partial charge in [0.25, 0.3) is 5.91 Å². The van der Waals surface area contributed by atoms with Crippen molar-refractivity contribution in [1.29, 1.82) is 0 Å². The molecule has 0 radical (unpaired) electrons. The lowest BCUT2D eigenvalue weighted by atomic mass is 10.1. The van der Waals surface area contributed by atoms with Crippen LogP contribution in [0.3, 0.4) is 0 Å². The number of carbonyl (C=O) groups is 1. The van der Waals surface area contributed by atoms with Crippen molar-refractivity contribution in [2.24, 2.45) is 5.10 Å². The van der Waals surface area contributed by atoms with Crippen molar-refractivity contribution >= 4 is 33.8 Å². The average Bonchev–Trinajstić information content (AvgIpc) is 2.90. The zero-order valence-corrected chi connectivity index (χ0v) is 12.8. The first-order chi connectivity index (χ1) is 10.3. The van der Waals surface area contributed by atoms with Crippen LogP contribution in [0.5, 0.6) is 0 Å². The van der Waals surface area contributed by atoms with Crippen LogP contribution in [-0.2, 0) is 10.1 Å². The van der Waals surface area contributed by atoms with Crippen molar-refractivity contribution in [3.63, 3.8) is 0 Å². The average molecular weight is 342 g/mol. The van der Waals surface area contributed by atoms with Gasteiger partial charge >= 0.3 is 0 Å². The molecule has 0 atom stereocenters. The third-order valence-electron chi connectivity index (χ3n) is 2.64. The van der Waals surface area contributed by atoms with E-state index in [1.807, 2.05) is 0 Å². The number of hydrazone groups is 1. The van der Waals surface area contributed by atoms with E-state index in [-0.39, 0.29) is 5.76 Å². The van der Waals surface area contributed by atoms with E-state index in [0.717, 1.165) is 17.8 Å². The number of rotatable bonds is 4. The van der Waals surface area contributed by atoms with Gasteiger partial charge in [-0.15, -0.1) is 0 Å². The number of amides is 1. The van der Waals surface area contributed by atoms with Gasteiger partial charge in [-0.05, 0) is 36.8 Å². The lowest BCUT2D eigenvalue weighted by Crippen LogP contribution is -2.17. The Morgan fingerprint density at radius 3 is 2.68 bits per heavy atom. The summed E-state index contributed by atoms with van der Waals surface area (Å²) in [7, 11) is -4.66. The van der Waals surface area contributed by atoms with Gasteiger partial charge < -0.3 is 8.97 Å². The highest BCUT2D eigenvalue weighted by Gasteiger charge is 2.08. The Morgan fingerprint density at radius 2 is 2.09 bits per heavy atom. The van der Waals surface area contributed by atoms with Crippen molar-refractivity contribution in [1.82, 2.24) is 5.43 Å². The van der Waals surface area contributed by atoms with Gasteiger partial charge in [-0.3, -0.25) is 4.79 Å². The monoisotopic (exact) mass is 341 g/mol. The summed E-state index contributed by atoms with van der Waals surface area (Å²) in [5, 5.41) is 3.34. The number of hydrogen-bond donors (Lipinski definition) is 1. The molecule has 1 aromatic heterocycles. The summed E-state index contributed by atoms with van der Waals surface area (Å²) in [6, 6.07) is 7.02. The molecule has 9 heteroatoms. The van der Waals surface area contributed by atoms with Crippen molar-refractivity contribution in [3.05, 3.63) is 52.2 Å². The summed E-state index contributed by atoms with van der Waals surface area (Å²) in [4.78, 5) is 11.8. The predicted molar refractivity (Wildman–Crippen MR) is 77.9 cm³/mol. The number of halogens is 1. The number of aryl methyl sites for hydroxylation is 1. The smallest absolute Gasteiger partial charge is 0.271 e. The molecule has 1 aromatic carbocycles. The Kier molecular flexibility index (Phi) is 4.65. The molecule has 2 aromatic rings. The predicted octanol–water partition coefficient (Wildman–Crippen LogP) is 1.91. The normalized spacial score (nSPS) is 11.8. The van der Waals surface area contributed by atoms with Gasteiger partial charge in [0.15, 0.2) is 10.1 Å². The molecule has 0 aliphatic rings. The van der Waals surface area contributed by atoms with Gasteiger partial charge in [-0.1, -0.05) is 17.7 Å².